The van der Waals surface area contributed by atoms with E-state index in [-0.39, 0.29) is 0 Å². The maximum Gasteiger partial charge on any atom is 0.136 e. The molecule has 2 aromatic heterocycles. The number of rotatable bonds is 5. The second-order valence-electron chi connectivity index (χ2n) is 12.5. The van der Waals surface area contributed by atoms with Crippen LogP contribution in [-0.2, 0) is 0 Å². The van der Waals surface area contributed by atoms with E-state index < -0.39 is 0 Å². The van der Waals surface area contributed by atoms with E-state index in [0.717, 1.165) is 44.4 Å². The van der Waals surface area contributed by atoms with Crippen molar-refractivity contribution in [3.8, 4) is 22.3 Å². The van der Waals surface area contributed by atoms with Crippen molar-refractivity contribution in [1.82, 2.24) is 0 Å². The normalized spacial score (nSPS) is 11.7. The second-order valence-corrected chi connectivity index (χ2v) is 13.5. The summed E-state index contributed by atoms with van der Waals surface area (Å²) in [5, 5.41) is 7.42. The van der Waals surface area contributed by atoms with Gasteiger partial charge in [0.2, 0.25) is 0 Å². The van der Waals surface area contributed by atoms with E-state index in [1.54, 1.807) is 0 Å². The Kier molecular flexibility index (Phi) is 6.39. The SMILES string of the molecule is c1ccc(-c2ccc(N(c3cccc(-c4cccc5oc6ccccc6c45)c3)c3cccc4c3sc3c5ccccc5ccc43)cc2)cc1. The third kappa shape index (κ3) is 4.55. The highest BCUT2D eigenvalue weighted by molar-refractivity contribution is 7.27. The number of hydrogen-bond donors (Lipinski definition) is 0. The molecule has 49 heavy (non-hydrogen) atoms. The van der Waals surface area contributed by atoms with E-state index in [0.29, 0.717) is 0 Å². The molecule has 0 saturated heterocycles. The minimum absolute atomic E-state index is 0.903. The van der Waals surface area contributed by atoms with Crippen molar-refractivity contribution in [2.75, 3.05) is 4.90 Å². The first kappa shape index (κ1) is 27.9. The lowest BCUT2D eigenvalue weighted by atomic mass is 9.98. The van der Waals surface area contributed by atoms with E-state index in [1.165, 1.54) is 47.8 Å². The van der Waals surface area contributed by atoms with E-state index in [2.05, 4.69) is 169 Å². The van der Waals surface area contributed by atoms with E-state index in [4.69, 9.17) is 4.42 Å². The summed E-state index contributed by atoms with van der Waals surface area (Å²) in [5.41, 5.74) is 9.90. The van der Waals surface area contributed by atoms with Crippen molar-refractivity contribution in [3.05, 3.63) is 176 Å². The molecule has 10 rings (SSSR count). The Morgan fingerprint density at radius 2 is 1.08 bits per heavy atom. The fraction of sp³-hybridized carbons (Fsp3) is 0. The number of fused-ring (bicyclic) bond motifs is 8. The van der Waals surface area contributed by atoms with Crippen LogP contribution in [0.25, 0.3) is 75.1 Å². The summed E-state index contributed by atoms with van der Waals surface area (Å²) in [7, 11) is 0. The van der Waals surface area contributed by atoms with Gasteiger partial charge in [0.1, 0.15) is 11.2 Å². The standard InChI is InChI=1S/C46H29NOS/c1-2-11-30(12-3-1)31-23-26-34(27-24-31)47(41-20-9-19-38-39-28-25-32-13-4-5-16-37(32)45(39)49-46(38)41)35-15-8-14-33(29-35)36-18-10-22-43-44(36)40-17-6-7-21-42(40)48-43/h1-29H. The Bertz CT molecular complexity index is 2830. The number of thiophene rings is 1. The molecule has 0 unspecified atom stereocenters. The van der Waals surface area contributed by atoms with Gasteiger partial charge in [0, 0.05) is 37.6 Å². The van der Waals surface area contributed by atoms with E-state index >= 15 is 0 Å². The molecule has 0 fully saturated rings. The summed E-state index contributed by atoms with van der Waals surface area (Å²) in [6.45, 7) is 0. The van der Waals surface area contributed by atoms with Gasteiger partial charge < -0.3 is 9.32 Å². The van der Waals surface area contributed by atoms with Crippen LogP contribution in [0.2, 0.25) is 0 Å². The molecule has 2 nitrogen and oxygen atoms in total. The second kappa shape index (κ2) is 11.2. The molecule has 3 heteroatoms. The van der Waals surface area contributed by atoms with Crippen molar-refractivity contribution in [2.45, 2.75) is 0 Å². The quantitative estimate of drug-likeness (QED) is 0.186. The van der Waals surface area contributed by atoms with Gasteiger partial charge in [0.25, 0.3) is 0 Å². The van der Waals surface area contributed by atoms with Crippen molar-refractivity contribution in [2.24, 2.45) is 0 Å². The molecule has 0 atom stereocenters. The molecule has 0 aliphatic heterocycles. The fourth-order valence-corrected chi connectivity index (χ4v) is 8.72. The number of anilines is 3. The van der Waals surface area contributed by atoms with E-state index in [9.17, 15) is 0 Å². The van der Waals surface area contributed by atoms with Crippen molar-refractivity contribution < 1.29 is 4.42 Å². The Labute approximate surface area is 287 Å². The molecule has 0 bridgehead atoms. The first-order chi connectivity index (χ1) is 24.3. The van der Waals surface area contributed by atoms with Gasteiger partial charge in [0.05, 0.1) is 10.4 Å². The summed E-state index contributed by atoms with van der Waals surface area (Å²) in [4.78, 5) is 2.42. The highest BCUT2D eigenvalue weighted by atomic mass is 32.1. The Morgan fingerprint density at radius 3 is 1.98 bits per heavy atom. The first-order valence-electron chi connectivity index (χ1n) is 16.6. The zero-order valence-corrected chi connectivity index (χ0v) is 27.3. The van der Waals surface area contributed by atoms with Gasteiger partial charge in [-0.1, -0.05) is 133 Å². The van der Waals surface area contributed by atoms with Gasteiger partial charge in [-0.05, 0) is 75.5 Å². The predicted octanol–water partition coefficient (Wildman–Crippen LogP) is 13.9. The van der Waals surface area contributed by atoms with Crippen LogP contribution in [0, 0.1) is 0 Å². The number of furan rings is 1. The van der Waals surface area contributed by atoms with Crippen LogP contribution < -0.4 is 4.90 Å². The third-order valence-corrected chi connectivity index (χ3v) is 10.9. The minimum Gasteiger partial charge on any atom is -0.456 e. The molecule has 10 aromatic rings. The summed E-state index contributed by atoms with van der Waals surface area (Å²) in [5.74, 6) is 0. The molecule has 0 aliphatic rings. The minimum atomic E-state index is 0.903. The van der Waals surface area contributed by atoms with Crippen LogP contribution in [0.3, 0.4) is 0 Å². The number of hydrogen-bond acceptors (Lipinski definition) is 3. The molecule has 0 amide bonds. The third-order valence-electron chi connectivity index (χ3n) is 9.66. The lowest BCUT2D eigenvalue weighted by Gasteiger charge is -2.27. The van der Waals surface area contributed by atoms with Gasteiger partial charge in [-0.2, -0.15) is 0 Å². The van der Waals surface area contributed by atoms with Crippen LogP contribution in [0.1, 0.15) is 0 Å². The number of benzene rings is 8. The average molecular weight is 644 g/mol. The highest BCUT2D eigenvalue weighted by Gasteiger charge is 2.20. The maximum atomic E-state index is 6.28. The molecular formula is C46H29NOS. The van der Waals surface area contributed by atoms with Gasteiger partial charge in [-0.15, -0.1) is 11.3 Å². The molecule has 2 heterocycles. The van der Waals surface area contributed by atoms with Gasteiger partial charge in [-0.3, -0.25) is 0 Å². The zero-order chi connectivity index (χ0) is 32.3. The summed E-state index contributed by atoms with van der Waals surface area (Å²) in [6.07, 6.45) is 0. The smallest absolute Gasteiger partial charge is 0.136 e. The lowest BCUT2D eigenvalue weighted by Crippen LogP contribution is -2.10. The van der Waals surface area contributed by atoms with Crippen LogP contribution in [-0.4, -0.2) is 0 Å². The predicted molar refractivity (Wildman–Crippen MR) is 210 cm³/mol. The number of para-hydroxylation sites is 1. The summed E-state index contributed by atoms with van der Waals surface area (Å²) < 4.78 is 8.88. The van der Waals surface area contributed by atoms with Crippen LogP contribution in [0.4, 0.5) is 17.1 Å². The van der Waals surface area contributed by atoms with Gasteiger partial charge in [-0.25, -0.2) is 0 Å². The Morgan fingerprint density at radius 1 is 0.408 bits per heavy atom. The number of nitrogens with zero attached hydrogens (tertiary/aromatic N) is 1. The molecule has 0 aliphatic carbocycles. The van der Waals surface area contributed by atoms with E-state index in [1.807, 2.05) is 23.5 Å². The Balaban J connectivity index is 1.20. The fourth-order valence-electron chi connectivity index (χ4n) is 7.38. The van der Waals surface area contributed by atoms with Crippen LogP contribution in [0.15, 0.2) is 180 Å². The van der Waals surface area contributed by atoms with Gasteiger partial charge in [0.15, 0.2) is 0 Å². The van der Waals surface area contributed by atoms with Crippen molar-refractivity contribution in [3.63, 3.8) is 0 Å². The van der Waals surface area contributed by atoms with Crippen molar-refractivity contribution in [1.29, 1.82) is 0 Å². The molecule has 0 radical (unpaired) electrons. The molecular weight excluding hydrogens is 615 g/mol. The summed E-state index contributed by atoms with van der Waals surface area (Å²) in [6, 6.07) is 63.2. The molecule has 0 spiro atoms. The van der Waals surface area contributed by atoms with Crippen molar-refractivity contribution >= 4 is 81.3 Å². The monoisotopic (exact) mass is 643 g/mol. The summed E-state index contributed by atoms with van der Waals surface area (Å²) >= 11 is 1.89. The average Bonchev–Trinajstić information content (AvgIpc) is 3.75. The molecule has 230 valence electrons. The molecule has 0 N–H and O–H groups in total. The topological polar surface area (TPSA) is 16.4 Å². The molecule has 8 aromatic carbocycles. The maximum absolute atomic E-state index is 6.28. The first-order valence-corrected chi connectivity index (χ1v) is 17.4. The highest BCUT2D eigenvalue weighted by Crippen LogP contribution is 2.47. The lowest BCUT2D eigenvalue weighted by molar-refractivity contribution is 0.669. The largest absolute Gasteiger partial charge is 0.456 e. The van der Waals surface area contributed by atoms with Crippen LogP contribution >= 0.6 is 11.3 Å². The van der Waals surface area contributed by atoms with Gasteiger partial charge >= 0.3 is 0 Å². The zero-order valence-electron chi connectivity index (χ0n) is 26.5. The molecule has 0 saturated carbocycles. The van der Waals surface area contributed by atoms with Crippen LogP contribution in [0.5, 0.6) is 0 Å². The Hall–Kier alpha value is -6.16.